The van der Waals surface area contributed by atoms with E-state index in [-0.39, 0.29) is 23.1 Å². The Labute approximate surface area is 141 Å². The van der Waals surface area contributed by atoms with Gasteiger partial charge in [0.1, 0.15) is 5.02 Å². The average molecular weight is 346 g/mol. The monoisotopic (exact) mass is 345 g/mol. The zero-order chi connectivity index (χ0) is 15.0. The van der Waals surface area contributed by atoms with Gasteiger partial charge in [-0.3, -0.25) is 15.0 Å². The van der Waals surface area contributed by atoms with Crippen LogP contribution in [0.25, 0.3) is 0 Å². The molecular weight excluding hydrogens is 325 g/mol. The summed E-state index contributed by atoms with van der Waals surface area (Å²) in [5.74, 6) is 1.28. The first kappa shape index (κ1) is 17.5. The molecule has 1 aliphatic carbocycles. The Kier molecular flexibility index (Phi) is 5.66. The van der Waals surface area contributed by atoms with Crippen molar-refractivity contribution in [2.45, 2.75) is 31.8 Å². The number of hydrogen-bond acceptors (Lipinski definition) is 4. The lowest BCUT2D eigenvalue weighted by Gasteiger charge is -2.29. The summed E-state index contributed by atoms with van der Waals surface area (Å²) in [4.78, 5) is 12.9. The van der Waals surface area contributed by atoms with E-state index in [2.05, 4.69) is 4.90 Å². The zero-order valence-electron chi connectivity index (χ0n) is 12.3. The van der Waals surface area contributed by atoms with Gasteiger partial charge in [0, 0.05) is 31.7 Å². The van der Waals surface area contributed by atoms with E-state index in [0.29, 0.717) is 17.9 Å². The van der Waals surface area contributed by atoms with Gasteiger partial charge in [0.2, 0.25) is 0 Å². The van der Waals surface area contributed by atoms with Crippen LogP contribution in [-0.4, -0.2) is 29.0 Å². The Balaban J connectivity index is 0.00000176. The van der Waals surface area contributed by atoms with Crippen LogP contribution >= 0.6 is 24.0 Å². The minimum Gasteiger partial charge on any atom is -0.327 e. The first-order valence-corrected chi connectivity index (χ1v) is 7.83. The van der Waals surface area contributed by atoms with Crippen LogP contribution in [0.1, 0.15) is 24.8 Å². The van der Waals surface area contributed by atoms with E-state index in [1.54, 1.807) is 12.1 Å². The molecule has 3 rings (SSSR count). The normalized spacial score (nSPS) is 28.0. The van der Waals surface area contributed by atoms with Crippen molar-refractivity contribution in [2.75, 3.05) is 13.1 Å². The maximum absolute atomic E-state index is 11.0. The highest BCUT2D eigenvalue weighted by Gasteiger charge is 2.38. The summed E-state index contributed by atoms with van der Waals surface area (Å²) in [7, 11) is 0. The van der Waals surface area contributed by atoms with Crippen LogP contribution in [0.5, 0.6) is 0 Å². The second kappa shape index (κ2) is 7.13. The van der Waals surface area contributed by atoms with Gasteiger partial charge in [0.05, 0.1) is 4.92 Å². The molecule has 1 heterocycles. The smallest absolute Gasteiger partial charge is 0.288 e. The molecule has 0 bridgehead atoms. The lowest BCUT2D eigenvalue weighted by Crippen LogP contribution is -2.38. The Hall–Kier alpha value is -0.880. The van der Waals surface area contributed by atoms with Crippen molar-refractivity contribution in [1.29, 1.82) is 0 Å². The molecule has 1 aliphatic heterocycles. The second-order valence-electron chi connectivity index (χ2n) is 6.26. The number of nitro benzene ring substituents is 1. The molecule has 5 nitrogen and oxygen atoms in total. The molecule has 1 aromatic carbocycles. The quantitative estimate of drug-likeness (QED) is 0.674. The number of benzene rings is 1. The molecule has 1 saturated heterocycles. The lowest BCUT2D eigenvalue weighted by atomic mass is 9.78. The van der Waals surface area contributed by atoms with Crippen molar-refractivity contribution >= 4 is 29.7 Å². The van der Waals surface area contributed by atoms with Gasteiger partial charge < -0.3 is 5.73 Å². The highest BCUT2D eigenvalue weighted by Crippen LogP contribution is 2.36. The van der Waals surface area contributed by atoms with Crippen LogP contribution in [-0.2, 0) is 6.54 Å². The third-order valence-electron chi connectivity index (χ3n) is 4.84. The third kappa shape index (κ3) is 3.54. The van der Waals surface area contributed by atoms with E-state index >= 15 is 0 Å². The van der Waals surface area contributed by atoms with Crippen molar-refractivity contribution in [3.63, 3.8) is 0 Å². The van der Waals surface area contributed by atoms with Crippen LogP contribution in [0.3, 0.4) is 0 Å². The number of likely N-dealkylation sites (tertiary alicyclic amines) is 1. The molecule has 3 atom stereocenters. The fourth-order valence-electron chi connectivity index (χ4n) is 3.79. The first-order valence-electron chi connectivity index (χ1n) is 7.45. The number of rotatable bonds is 3. The van der Waals surface area contributed by atoms with Crippen molar-refractivity contribution in [3.8, 4) is 0 Å². The fraction of sp³-hybridized carbons (Fsp3) is 0.600. The Morgan fingerprint density at radius 2 is 2.14 bits per heavy atom. The molecule has 0 spiro atoms. The van der Waals surface area contributed by atoms with Gasteiger partial charge in [0.15, 0.2) is 0 Å². The van der Waals surface area contributed by atoms with Crippen molar-refractivity contribution < 1.29 is 4.92 Å². The van der Waals surface area contributed by atoms with Crippen LogP contribution in [0.4, 0.5) is 5.69 Å². The summed E-state index contributed by atoms with van der Waals surface area (Å²) in [6, 6.07) is 5.39. The molecule has 2 N–H and O–H groups in total. The standard InChI is InChI=1S/C15H20ClN3O2.ClH/c16-13-5-4-10(6-15(13)19(20)21)7-18-8-11-2-1-3-14(17)12(11)9-18;/h4-6,11-12,14H,1-3,7-9,17H2;1H. The summed E-state index contributed by atoms with van der Waals surface area (Å²) in [5, 5.41) is 11.1. The van der Waals surface area contributed by atoms with E-state index in [1.165, 1.54) is 12.8 Å². The van der Waals surface area contributed by atoms with E-state index in [0.717, 1.165) is 31.6 Å². The molecule has 22 heavy (non-hydrogen) atoms. The number of hydrogen-bond donors (Lipinski definition) is 1. The van der Waals surface area contributed by atoms with Crippen LogP contribution < -0.4 is 5.73 Å². The van der Waals surface area contributed by atoms with Crippen LogP contribution in [0.15, 0.2) is 18.2 Å². The summed E-state index contributed by atoms with van der Waals surface area (Å²) in [6.07, 6.45) is 3.61. The lowest BCUT2D eigenvalue weighted by molar-refractivity contribution is -0.384. The van der Waals surface area contributed by atoms with Gasteiger partial charge in [-0.05, 0) is 36.3 Å². The van der Waals surface area contributed by atoms with Crippen LogP contribution in [0.2, 0.25) is 5.02 Å². The van der Waals surface area contributed by atoms with E-state index in [9.17, 15) is 10.1 Å². The SMILES string of the molecule is Cl.NC1CCCC2CN(Cc3ccc(Cl)c([N+](=O)[O-])c3)CC12. The third-order valence-corrected chi connectivity index (χ3v) is 5.16. The van der Waals surface area contributed by atoms with Gasteiger partial charge in [-0.15, -0.1) is 12.4 Å². The summed E-state index contributed by atoms with van der Waals surface area (Å²) >= 11 is 5.85. The molecular formula is C15H21Cl2N3O2. The summed E-state index contributed by atoms with van der Waals surface area (Å²) in [6.45, 7) is 2.79. The minimum atomic E-state index is -0.425. The molecule has 2 fully saturated rings. The highest BCUT2D eigenvalue weighted by molar-refractivity contribution is 6.32. The van der Waals surface area contributed by atoms with Gasteiger partial charge in [-0.2, -0.15) is 0 Å². The predicted octanol–water partition coefficient (Wildman–Crippen LogP) is 3.23. The number of halogens is 2. The van der Waals surface area contributed by atoms with Gasteiger partial charge in [-0.25, -0.2) is 0 Å². The molecule has 3 unspecified atom stereocenters. The van der Waals surface area contributed by atoms with E-state index < -0.39 is 4.92 Å². The van der Waals surface area contributed by atoms with Gasteiger partial charge in [-0.1, -0.05) is 24.1 Å². The summed E-state index contributed by atoms with van der Waals surface area (Å²) < 4.78 is 0. The largest absolute Gasteiger partial charge is 0.327 e. The molecule has 1 aromatic rings. The van der Waals surface area contributed by atoms with Crippen molar-refractivity contribution in [1.82, 2.24) is 4.90 Å². The number of nitro groups is 1. The van der Waals surface area contributed by atoms with E-state index in [4.69, 9.17) is 17.3 Å². The minimum absolute atomic E-state index is 0. The maximum Gasteiger partial charge on any atom is 0.288 e. The Morgan fingerprint density at radius 3 is 2.82 bits per heavy atom. The van der Waals surface area contributed by atoms with Crippen molar-refractivity contribution in [2.24, 2.45) is 17.6 Å². The molecule has 0 aromatic heterocycles. The molecule has 122 valence electrons. The van der Waals surface area contributed by atoms with E-state index in [1.807, 2.05) is 6.07 Å². The predicted molar refractivity (Wildman–Crippen MR) is 89.4 cm³/mol. The fourth-order valence-corrected chi connectivity index (χ4v) is 3.98. The molecule has 0 amide bonds. The molecule has 7 heteroatoms. The zero-order valence-corrected chi connectivity index (χ0v) is 13.9. The Bertz CT molecular complexity index is 556. The first-order chi connectivity index (χ1) is 10.0. The molecule has 0 radical (unpaired) electrons. The van der Waals surface area contributed by atoms with Gasteiger partial charge in [0.25, 0.3) is 5.69 Å². The van der Waals surface area contributed by atoms with Gasteiger partial charge >= 0.3 is 0 Å². The molecule has 1 saturated carbocycles. The number of nitrogens with two attached hydrogens (primary N) is 1. The van der Waals surface area contributed by atoms with Crippen LogP contribution in [0, 0.1) is 22.0 Å². The molecule has 2 aliphatic rings. The topological polar surface area (TPSA) is 72.4 Å². The highest BCUT2D eigenvalue weighted by atomic mass is 35.5. The number of fused-ring (bicyclic) bond motifs is 1. The maximum atomic E-state index is 11.0. The summed E-state index contributed by atoms with van der Waals surface area (Å²) in [5.41, 5.74) is 7.16. The Morgan fingerprint density at radius 1 is 1.36 bits per heavy atom. The average Bonchev–Trinajstić information content (AvgIpc) is 2.85. The second-order valence-corrected chi connectivity index (χ2v) is 6.66. The van der Waals surface area contributed by atoms with Crippen molar-refractivity contribution in [3.05, 3.63) is 38.9 Å². The number of nitrogens with zero attached hydrogens (tertiary/aromatic N) is 2.